The Morgan fingerprint density at radius 1 is 1.09 bits per heavy atom. The van der Waals surface area contributed by atoms with Crippen LogP contribution in [0, 0.1) is 6.92 Å². The number of fused-ring (bicyclic) bond motifs is 3. The Morgan fingerprint density at radius 2 is 1.85 bits per heavy atom. The number of phenolic OH excluding ortho intramolecular Hbond substituents is 1. The van der Waals surface area contributed by atoms with E-state index in [1.54, 1.807) is 25.2 Å². The zero-order valence-corrected chi connectivity index (χ0v) is 19.0. The summed E-state index contributed by atoms with van der Waals surface area (Å²) in [7, 11) is 4.63. The van der Waals surface area contributed by atoms with Gasteiger partial charge in [-0.15, -0.1) is 0 Å². The van der Waals surface area contributed by atoms with Crippen molar-refractivity contribution in [1.29, 1.82) is 0 Å². The second-order valence-electron chi connectivity index (χ2n) is 8.33. The first-order valence-corrected chi connectivity index (χ1v) is 10.7. The van der Waals surface area contributed by atoms with Crippen LogP contribution in [0.1, 0.15) is 22.9 Å². The van der Waals surface area contributed by atoms with Gasteiger partial charge in [0.05, 0.1) is 36.0 Å². The normalized spacial score (nSPS) is 15.6. The maximum Gasteiger partial charge on any atom is 0.331 e. The largest absolute Gasteiger partial charge is 0.504 e. The molecule has 4 aromatic rings. The van der Waals surface area contributed by atoms with E-state index in [0.717, 1.165) is 21.4 Å². The van der Waals surface area contributed by atoms with Gasteiger partial charge in [-0.1, -0.05) is 35.9 Å². The molecule has 170 valence electrons. The van der Waals surface area contributed by atoms with Crippen LogP contribution in [0.15, 0.2) is 52.1 Å². The highest BCUT2D eigenvalue weighted by atomic mass is 16.5. The number of aryl methyl sites for hydroxylation is 2. The van der Waals surface area contributed by atoms with Crippen LogP contribution in [0.2, 0.25) is 0 Å². The summed E-state index contributed by atoms with van der Waals surface area (Å²) in [6.07, 6.45) is -0.687. The molecule has 5 rings (SSSR count). The lowest BCUT2D eigenvalue weighted by Crippen LogP contribution is -2.37. The second-order valence-corrected chi connectivity index (χ2v) is 8.33. The number of para-hydroxylation sites is 1. The smallest absolute Gasteiger partial charge is 0.331 e. The van der Waals surface area contributed by atoms with Crippen molar-refractivity contribution in [3.8, 4) is 22.8 Å². The summed E-state index contributed by atoms with van der Waals surface area (Å²) in [5, 5.41) is 11.3. The zero-order chi connectivity index (χ0) is 23.4. The van der Waals surface area contributed by atoms with Crippen molar-refractivity contribution in [2.75, 3.05) is 13.7 Å². The van der Waals surface area contributed by atoms with Crippen molar-refractivity contribution >= 4 is 10.9 Å². The maximum absolute atomic E-state index is 13.4. The van der Waals surface area contributed by atoms with Crippen LogP contribution in [0.25, 0.3) is 22.2 Å². The van der Waals surface area contributed by atoms with Gasteiger partial charge in [-0.3, -0.25) is 13.9 Å². The molecule has 8 heteroatoms. The lowest BCUT2D eigenvalue weighted by atomic mass is 10.0. The van der Waals surface area contributed by atoms with Crippen LogP contribution in [-0.2, 0) is 25.4 Å². The monoisotopic (exact) mass is 447 g/mol. The fourth-order valence-corrected chi connectivity index (χ4v) is 4.82. The van der Waals surface area contributed by atoms with Crippen LogP contribution in [-0.4, -0.2) is 32.5 Å². The average molecular weight is 447 g/mol. The molecule has 0 bridgehead atoms. The van der Waals surface area contributed by atoms with E-state index in [-0.39, 0.29) is 11.3 Å². The lowest BCUT2D eigenvalue weighted by molar-refractivity contribution is 0.0462. The molecular formula is C25H25N3O5. The minimum atomic E-state index is -0.687. The number of nitrogens with zero attached hydrogens (tertiary/aromatic N) is 3. The fraction of sp³-hybridized carbons (Fsp3) is 0.280. The van der Waals surface area contributed by atoms with Crippen molar-refractivity contribution in [2.45, 2.75) is 19.6 Å². The molecule has 2 aromatic carbocycles. The topological polar surface area (TPSA) is 87.6 Å². The Labute approximate surface area is 189 Å². The number of rotatable bonds is 3. The van der Waals surface area contributed by atoms with E-state index >= 15 is 0 Å². The average Bonchev–Trinajstić information content (AvgIpc) is 3.17. The molecule has 1 N–H and O–H groups in total. The Kier molecular flexibility index (Phi) is 4.90. The van der Waals surface area contributed by atoms with E-state index in [1.165, 1.54) is 18.7 Å². The molecule has 0 spiro atoms. The highest BCUT2D eigenvalue weighted by molar-refractivity contribution is 5.96. The summed E-state index contributed by atoms with van der Waals surface area (Å²) < 4.78 is 16.1. The molecule has 0 saturated carbocycles. The molecule has 0 radical (unpaired) electrons. The van der Waals surface area contributed by atoms with E-state index < -0.39 is 11.8 Å². The number of ether oxygens (including phenoxy) is 2. The van der Waals surface area contributed by atoms with Gasteiger partial charge in [0.2, 0.25) is 0 Å². The number of aromatic hydroxyl groups is 1. The predicted molar refractivity (Wildman–Crippen MR) is 125 cm³/mol. The third kappa shape index (κ3) is 3.01. The first-order valence-electron chi connectivity index (χ1n) is 10.7. The van der Waals surface area contributed by atoms with Gasteiger partial charge in [0.25, 0.3) is 5.56 Å². The van der Waals surface area contributed by atoms with E-state index in [9.17, 15) is 14.7 Å². The Hall–Kier alpha value is -3.78. The van der Waals surface area contributed by atoms with Gasteiger partial charge < -0.3 is 19.1 Å². The number of hydrogen-bond donors (Lipinski definition) is 1. The molecule has 0 fully saturated rings. The first kappa shape index (κ1) is 21.1. The minimum absolute atomic E-state index is 0.0289. The van der Waals surface area contributed by atoms with Gasteiger partial charge in [0.15, 0.2) is 11.5 Å². The molecule has 1 atom stereocenters. The van der Waals surface area contributed by atoms with Crippen LogP contribution < -0.4 is 16.0 Å². The zero-order valence-electron chi connectivity index (χ0n) is 19.0. The molecule has 8 nitrogen and oxygen atoms in total. The van der Waals surface area contributed by atoms with Gasteiger partial charge in [-0.25, -0.2) is 4.79 Å². The lowest BCUT2D eigenvalue weighted by Gasteiger charge is -2.28. The summed E-state index contributed by atoms with van der Waals surface area (Å²) in [6.45, 7) is 2.88. The van der Waals surface area contributed by atoms with Crippen LogP contribution >= 0.6 is 0 Å². The van der Waals surface area contributed by atoms with E-state index in [0.29, 0.717) is 41.1 Å². The number of benzene rings is 2. The predicted octanol–water partition coefficient (Wildman–Crippen LogP) is 2.85. The van der Waals surface area contributed by atoms with Gasteiger partial charge in [-0.2, -0.15) is 0 Å². The molecule has 0 aliphatic carbocycles. The van der Waals surface area contributed by atoms with Gasteiger partial charge in [0.1, 0.15) is 6.10 Å². The minimum Gasteiger partial charge on any atom is -0.504 e. The summed E-state index contributed by atoms with van der Waals surface area (Å²) in [4.78, 5) is 26.3. The third-order valence-corrected chi connectivity index (χ3v) is 6.38. The Morgan fingerprint density at radius 3 is 2.58 bits per heavy atom. The number of aromatic nitrogens is 3. The summed E-state index contributed by atoms with van der Waals surface area (Å²) in [6, 6.07) is 13.2. The van der Waals surface area contributed by atoms with Crippen molar-refractivity contribution in [3.63, 3.8) is 0 Å². The molecule has 3 heterocycles. The van der Waals surface area contributed by atoms with E-state index in [2.05, 4.69) is 0 Å². The quantitative estimate of drug-likeness (QED) is 0.522. The molecular weight excluding hydrogens is 422 g/mol. The van der Waals surface area contributed by atoms with Crippen molar-refractivity contribution < 1.29 is 14.6 Å². The molecule has 1 aliphatic rings. The Bertz CT molecular complexity index is 1530. The number of phenols is 1. The van der Waals surface area contributed by atoms with Crippen molar-refractivity contribution in [1.82, 2.24) is 13.7 Å². The number of methoxy groups -OCH3 is 1. The summed E-state index contributed by atoms with van der Waals surface area (Å²) >= 11 is 0. The summed E-state index contributed by atoms with van der Waals surface area (Å²) in [5.41, 5.74) is 3.59. The van der Waals surface area contributed by atoms with Crippen LogP contribution in [0.5, 0.6) is 11.5 Å². The fourth-order valence-electron chi connectivity index (χ4n) is 4.82. The molecule has 0 unspecified atom stereocenters. The maximum atomic E-state index is 13.4. The molecule has 0 saturated heterocycles. The van der Waals surface area contributed by atoms with Crippen molar-refractivity contribution in [3.05, 3.63) is 80.1 Å². The van der Waals surface area contributed by atoms with Crippen LogP contribution in [0.3, 0.4) is 0 Å². The van der Waals surface area contributed by atoms with Gasteiger partial charge in [-0.05, 0) is 24.6 Å². The van der Waals surface area contributed by atoms with Gasteiger partial charge in [0, 0.05) is 26.2 Å². The molecule has 0 amide bonds. The van der Waals surface area contributed by atoms with Crippen molar-refractivity contribution in [2.24, 2.45) is 14.1 Å². The standard InChI is InChI=1S/C25H25N3O5/c1-14-7-5-8-15(13-14)19-18-20(26(2)25(31)27(3)24(18)30)21-23(33-12-11-28(19)21)16-9-6-10-17(32-4)22(16)29/h5-10,13,23,29H,11-12H2,1-4H3/t23-/m0/s1. The third-order valence-electron chi connectivity index (χ3n) is 6.38. The van der Waals surface area contributed by atoms with E-state index in [4.69, 9.17) is 9.47 Å². The second kappa shape index (κ2) is 7.67. The van der Waals surface area contributed by atoms with Gasteiger partial charge >= 0.3 is 5.69 Å². The SMILES string of the molecule is COc1cccc([C@@H]2OCCn3c(-c4cccc(C)c4)c4c(=O)n(C)c(=O)n(C)c4c32)c1O. The Balaban J connectivity index is 1.95. The molecule has 1 aliphatic heterocycles. The molecule has 33 heavy (non-hydrogen) atoms. The summed E-state index contributed by atoms with van der Waals surface area (Å²) in [5.74, 6) is 0.298. The number of hydrogen-bond acceptors (Lipinski definition) is 5. The first-order chi connectivity index (χ1) is 15.8. The molecule has 2 aromatic heterocycles. The highest BCUT2D eigenvalue weighted by Crippen LogP contribution is 2.44. The van der Waals surface area contributed by atoms with E-state index in [1.807, 2.05) is 35.8 Å². The van der Waals surface area contributed by atoms with Crippen LogP contribution in [0.4, 0.5) is 0 Å². The highest BCUT2D eigenvalue weighted by Gasteiger charge is 2.34.